The van der Waals surface area contributed by atoms with Crippen molar-refractivity contribution in [1.29, 1.82) is 0 Å². The SMILES string of the molecule is O=C(Nc1cccc(-c2nnc3n2CCCCC3)c1)c1ccccc1CSc1nc2ccccc2[nH]1. The third-order valence-electron chi connectivity index (χ3n) is 6.48. The molecule has 0 unspecified atom stereocenters. The van der Waals surface area contributed by atoms with E-state index in [2.05, 4.69) is 30.0 Å². The number of para-hydroxylation sites is 2. The van der Waals surface area contributed by atoms with Crippen molar-refractivity contribution in [3.63, 3.8) is 0 Å². The van der Waals surface area contributed by atoms with E-state index in [-0.39, 0.29) is 5.91 Å². The number of benzene rings is 3. The lowest BCUT2D eigenvalue weighted by atomic mass is 10.1. The van der Waals surface area contributed by atoms with Crippen LogP contribution in [0.4, 0.5) is 5.69 Å². The van der Waals surface area contributed by atoms with Crippen molar-refractivity contribution in [2.24, 2.45) is 0 Å². The molecule has 36 heavy (non-hydrogen) atoms. The molecule has 1 aliphatic rings. The molecule has 0 spiro atoms. The van der Waals surface area contributed by atoms with Crippen molar-refractivity contribution in [2.45, 2.75) is 43.1 Å². The fourth-order valence-electron chi connectivity index (χ4n) is 4.64. The highest BCUT2D eigenvalue weighted by Gasteiger charge is 2.17. The largest absolute Gasteiger partial charge is 0.333 e. The third-order valence-corrected chi connectivity index (χ3v) is 7.40. The number of nitrogens with one attached hydrogen (secondary N) is 2. The molecule has 0 fully saturated rings. The molecule has 8 heteroatoms. The Morgan fingerprint density at radius 2 is 1.86 bits per heavy atom. The molecule has 0 bridgehead atoms. The molecular formula is C28H26N6OS. The van der Waals surface area contributed by atoms with Crippen molar-refractivity contribution in [1.82, 2.24) is 24.7 Å². The van der Waals surface area contributed by atoms with Gasteiger partial charge in [0.05, 0.1) is 11.0 Å². The molecule has 5 aromatic rings. The van der Waals surface area contributed by atoms with Gasteiger partial charge in [0, 0.05) is 35.5 Å². The molecule has 1 amide bonds. The molecule has 7 nitrogen and oxygen atoms in total. The van der Waals surface area contributed by atoms with Gasteiger partial charge in [-0.1, -0.05) is 60.6 Å². The molecule has 3 aromatic carbocycles. The standard InChI is InChI=1S/C28H26N6OS/c35-27(22-12-4-3-9-20(22)18-36-28-30-23-13-5-6-14-24(23)31-28)29-21-11-8-10-19(17-21)26-33-32-25-15-2-1-7-16-34(25)26/h3-6,8-14,17H,1-2,7,15-16,18H2,(H,29,35)(H,30,31). The number of hydrogen-bond donors (Lipinski definition) is 2. The topological polar surface area (TPSA) is 88.5 Å². The number of aryl methyl sites for hydroxylation is 1. The number of aromatic nitrogens is 5. The summed E-state index contributed by atoms with van der Waals surface area (Å²) < 4.78 is 2.22. The Morgan fingerprint density at radius 1 is 0.972 bits per heavy atom. The van der Waals surface area contributed by atoms with E-state index >= 15 is 0 Å². The van der Waals surface area contributed by atoms with Gasteiger partial charge in [-0.25, -0.2) is 4.98 Å². The molecular weight excluding hydrogens is 468 g/mol. The first-order chi connectivity index (χ1) is 17.7. The van der Waals surface area contributed by atoms with Crippen LogP contribution in [0.25, 0.3) is 22.4 Å². The summed E-state index contributed by atoms with van der Waals surface area (Å²) in [6.07, 6.45) is 4.47. The van der Waals surface area contributed by atoms with Gasteiger partial charge < -0.3 is 14.9 Å². The number of H-pyrrole nitrogens is 1. The van der Waals surface area contributed by atoms with E-state index in [0.29, 0.717) is 11.3 Å². The van der Waals surface area contributed by atoms with E-state index in [1.165, 1.54) is 6.42 Å². The summed E-state index contributed by atoms with van der Waals surface area (Å²) >= 11 is 1.59. The number of fused-ring (bicyclic) bond motifs is 2. The summed E-state index contributed by atoms with van der Waals surface area (Å²) in [5.74, 6) is 2.42. The molecule has 0 saturated heterocycles. The van der Waals surface area contributed by atoms with Crippen LogP contribution in [0.5, 0.6) is 0 Å². The zero-order valence-electron chi connectivity index (χ0n) is 19.8. The van der Waals surface area contributed by atoms with Crippen LogP contribution >= 0.6 is 11.8 Å². The second-order valence-corrected chi connectivity index (χ2v) is 9.91. The van der Waals surface area contributed by atoms with Crippen LogP contribution in [0.15, 0.2) is 78.0 Å². The lowest BCUT2D eigenvalue weighted by Crippen LogP contribution is -2.14. The molecule has 3 heterocycles. The normalized spacial score (nSPS) is 13.3. The number of nitrogens with zero attached hydrogens (tertiary/aromatic N) is 4. The van der Waals surface area contributed by atoms with Gasteiger partial charge in [0.15, 0.2) is 11.0 Å². The predicted molar refractivity (Wildman–Crippen MR) is 143 cm³/mol. The third kappa shape index (κ3) is 4.64. The molecule has 180 valence electrons. The molecule has 0 radical (unpaired) electrons. The maximum absolute atomic E-state index is 13.3. The van der Waals surface area contributed by atoms with Crippen molar-refractivity contribution >= 4 is 34.4 Å². The van der Waals surface area contributed by atoms with Gasteiger partial charge in [0.25, 0.3) is 5.91 Å². The molecule has 1 aliphatic heterocycles. The number of carbonyl (C=O) groups excluding carboxylic acids is 1. The first kappa shape index (κ1) is 22.5. The van der Waals surface area contributed by atoms with E-state index < -0.39 is 0 Å². The van der Waals surface area contributed by atoms with E-state index in [1.54, 1.807) is 11.8 Å². The van der Waals surface area contributed by atoms with Gasteiger partial charge in [-0.3, -0.25) is 4.79 Å². The molecule has 0 aliphatic carbocycles. The zero-order valence-corrected chi connectivity index (χ0v) is 20.6. The highest BCUT2D eigenvalue weighted by atomic mass is 32.2. The van der Waals surface area contributed by atoms with Crippen LogP contribution < -0.4 is 5.32 Å². The number of rotatable bonds is 6. The highest BCUT2D eigenvalue weighted by Crippen LogP contribution is 2.27. The Kier molecular flexibility index (Phi) is 6.26. The van der Waals surface area contributed by atoms with E-state index in [9.17, 15) is 4.79 Å². The Labute approximate surface area is 213 Å². The number of hydrogen-bond acceptors (Lipinski definition) is 5. The number of imidazole rings is 1. The fraction of sp³-hybridized carbons (Fsp3) is 0.214. The summed E-state index contributed by atoms with van der Waals surface area (Å²) in [5.41, 5.74) is 5.26. The van der Waals surface area contributed by atoms with Gasteiger partial charge in [0.2, 0.25) is 0 Å². The summed E-state index contributed by atoms with van der Waals surface area (Å²) in [4.78, 5) is 21.3. The van der Waals surface area contributed by atoms with Crippen molar-refractivity contribution in [2.75, 3.05) is 5.32 Å². The van der Waals surface area contributed by atoms with Gasteiger partial charge >= 0.3 is 0 Å². The van der Waals surface area contributed by atoms with Crippen LogP contribution in [0.3, 0.4) is 0 Å². The second-order valence-electron chi connectivity index (χ2n) is 8.94. The lowest BCUT2D eigenvalue weighted by molar-refractivity contribution is 0.102. The summed E-state index contributed by atoms with van der Waals surface area (Å²) in [7, 11) is 0. The predicted octanol–water partition coefficient (Wildman–Crippen LogP) is 6.09. The second kappa shape index (κ2) is 9.99. The van der Waals surface area contributed by atoms with Crippen LogP contribution in [-0.2, 0) is 18.7 Å². The highest BCUT2D eigenvalue weighted by molar-refractivity contribution is 7.98. The number of aromatic amines is 1. The lowest BCUT2D eigenvalue weighted by Gasteiger charge is -2.11. The smallest absolute Gasteiger partial charge is 0.255 e. The Hall–Kier alpha value is -3.91. The molecule has 2 N–H and O–H groups in total. The summed E-state index contributed by atoms with van der Waals surface area (Å²) in [6, 6.07) is 23.5. The minimum atomic E-state index is -0.131. The monoisotopic (exact) mass is 494 g/mol. The summed E-state index contributed by atoms with van der Waals surface area (Å²) in [6.45, 7) is 0.935. The number of anilines is 1. The molecule has 0 atom stereocenters. The quantitative estimate of drug-likeness (QED) is 0.279. The van der Waals surface area contributed by atoms with Gasteiger partial charge in [-0.15, -0.1) is 10.2 Å². The van der Waals surface area contributed by atoms with Crippen LogP contribution in [-0.4, -0.2) is 30.6 Å². The van der Waals surface area contributed by atoms with Crippen molar-refractivity contribution in [3.05, 3.63) is 89.7 Å². The van der Waals surface area contributed by atoms with Crippen LogP contribution in [0, 0.1) is 0 Å². The fourth-order valence-corrected chi connectivity index (χ4v) is 5.53. The van der Waals surface area contributed by atoms with E-state index in [0.717, 1.165) is 70.5 Å². The molecule has 0 saturated carbocycles. The molecule has 2 aromatic heterocycles. The Bertz CT molecular complexity index is 1510. The minimum Gasteiger partial charge on any atom is -0.333 e. The maximum Gasteiger partial charge on any atom is 0.255 e. The minimum absolute atomic E-state index is 0.131. The van der Waals surface area contributed by atoms with Gasteiger partial charge in [-0.05, 0) is 48.7 Å². The van der Waals surface area contributed by atoms with E-state index in [4.69, 9.17) is 0 Å². The average molecular weight is 495 g/mol. The Morgan fingerprint density at radius 3 is 2.81 bits per heavy atom. The van der Waals surface area contributed by atoms with E-state index in [1.807, 2.05) is 72.8 Å². The number of carbonyl (C=O) groups is 1. The Balaban J connectivity index is 1.19. The zero-order chi connectivity index (χ0) is 24.3. The molecule has 6 rings (SSSR count). The number of thioether (sulfide) groups is 1. The summed E-state index contributed by atoms with van der Waals surface area (Å²) in [5, 5.41) is 12.8. The first-order valence-electron chi connectivity index (χ1n) is 12.2. The van der Waals surface area contributed by atoms with Gasteiger partial charge in [-0.2, -0.15) is 0 Å². The van der Waals surface area contributed by atoms with Crippen LogP contribution in [0.2, 0.25) is 0 Å². The maximum atomic E-state index is 13.3. The first-order valence-corrected chi connectivity index (χ1v) is 13.2. The van der Waals surface area contributed by atoms with Gasteiger partial charge in [0.1, 0.15) is 5.82 Å². The van der Waals surface area contributed by atoms with Crippen molar-refractivity contribution < 1.29 is 4.79 Å². The number of amides is 1. The average Bonchev–Trinajstić information content (AvgIpc) is 3.44. The van der Waals surface area contributed by atoms with Crippen molar-refractivity contribution in [3.8, 4) is 11.4 Å². The van der Waals surface area contributed by atoms with Crippen LogP contribution in [0.1, 0.15) is 41.0 Å².